The fraction of sp³-hybridized carbons (Fsp3) is 0.214. The number of carbonyl (C=O) groups is 1. The summed E-state index contributed by atoms with van der Waals surface area (Å²) in [6.07, 6.45) is 3.39. The lowest BCUT2D eigenvalue weighted by atomic mass is 10.2. The van der Waals surface area contributed by atoms with Gasteiger partial charge in [-0.25, -0.2) is 9.97 Å². The Morgan fingerprint density at radius 2 is 1.95 bits per heavy atom. The predicted octanol–water partition coefficient (Wildman–Crippen LogP) is 3.07. The third kappa shape index (κ3) is 2.93. The Morgan fingerprint density at radius 1 is 1.21 bits per heavy atom. The Bertz CT molecular complexity index is 613. The first-order valence-corrected chi connectivity index (χ1v) is 7.08. The van der Waals surface area contributed by atoms with Gasteiger partial charge in [-0.2, -0.15) is 0 Å². The molecule has 1 N–H and O–H groups in total. The highest BCUT2D eigenvalue weighted by atomic mass is 32.2. The van der Waals surface area contributed by atoms with Crippen molar-refractivity contribution in [1.82, 2.24) is 9.97 Å². The Labute approximate surface area is 116 Å². The average molecular weight is 273 g/mol. The van der Waals surface area contributed by atoms with Gasteiger partial charge in [0.25, 0.3) is 5.91 Å². The number of anilines is 1. The molecule has 0 spiro atoms. The zero-order chi connectivity index (χ0) is 13.8. The van der Waals surface area contributed by atoms with Crippen LogP contribution in [0.1, 0.15) is 21.7 Å². The Kier molecular flexibility index (Phi) is 4.16. The monoisotopic (exact) mass is 273 g/mol. The topological polar surface area (TPSA) is 54.9 Å². The molecule has 0 saturated carbocycles. The van der Waals surface area contributed by atoms with Crippen molar-refractivity contribution in [2.24, 2.45) is 0 Å². The third-order valence-electron chi connectivity index (χ3n) is 2.91. The fourth-order valence-corrected chi connectivity index (χ4v) is 2.25. The molecule has 0 aliphatic rings. The second-order valence-corrected chi connectivity index (χ2v) is 4.94. The standard InChI is InChI=1S/C14H15N3OS/c1-9-10(2)15-8-16-13(9)14(18)17-11-6-4-5-7-12(11)19-3/h4-8H,1-3H3,(H,17,18). The van der Waals surface area contributed by atoms with Crippen LogP contribution in [-0.4, -0.2) is 22.1 Å². The molecule has 2 aromatic rings. The summed E-state index contributed by atoms with van der Waals surface area (Å²) in [5.74, 6) is -0.204. The molecule has 19 heavy (non-hydrogen) atoms. The van der Waals surface area contributed by atoms with Crippen LogP contribution in [0.5, 0.6) is 0 Å². The molecule has 0 bridgehead atoms. The van der Waals surface area contributed by atoms with Crippen molar-refractivity contribution in [3.8, 4) is 0 Å². The maximum atomic E-state index is 12.2. The van der Waals surface area contributed by atoms with Crippen molar-refractivity contribution < 1.29 is 4.79 Å². The van der Waals surface area contributed by atoms with Gasteiger partial charge in [0.05, 0.1) is 5.69 Å². The first kappa shape index (κ1) is 13.5. The van der Waals surface area contributed by atoms with Crippen molar-refractivity contribution in [3.05, 3.63) is 47.5 Å². The van der Waals surface area contributed by atoms with Gasteiger partial charge >= 0.3 is 0 Å². The van der Waals surface area contributed by atoms with Gasteiger partial charge in [0.1, 0.15) is 12.0 Å². The molecule has 0 fully saturated rings. The molecule has 0 unspecified atom stereocenters. The minimum absolute atomic E-state index is 0.204. The molecular weight excluding hydrogens is 258 g/mol. The van der Waals surface area contributed by atoms with Crippen molar-refractivity contribution >= 4 is 23.4 Å². The second kappa shape index (κ2) is 5.84. The lowest BCUT2D eigenvalue weighted by Gasteiger charge is -2.10. The smallest absolute Gasteiger partial charge is 0.274 e. The highest BCUT2D eigenvalue weighted by Crippen LogP contribution is 2.25. The van der Waals surface area contributed by atoms with E-state index in [0.717, 1.165) is 21.8 Å². The van der Waals surface area contributed by atoms with Gasteiger partial charge in [0, 0.05) is 16.2 Å². The molecule has 0 saturated heterocycles. The first-order chi connectivity index (χ1) is 9.13. The molecular formula is C14H15N3OS. The molecule has 0 radical (unpaired) electrons. The fourth-order valence-electron chi connectivity index (χ4n) is 1.70. The maximum Gasteiger partial charge on any atom is 0.274 e. The number of nitrogens with zero attached hydrogens (tertiary/aromatic N) is 2. The van der Waals surface area contributed by atoms with Crippen molar-refractivity contribution in [3.63, 3.8) is 0 Å². The molecule has 1 amide bonds. The van der Waals surface area contributed by atoms with E-state index in [9.17, 15) is 4.79 Å². The van der Waals surface area contributed by atoms with E-state index in [1.807, 2.05) is 44.4 Å². The minimum atomic E-state index is -0.204. The zero-order valence-corrected chi connectivity index (χ0v) is 11.9. The molecule has 5 heteroatoms. The summed E-state index contributed by atoms with van der Waals surface area (Å²) in [5, 5.41) is 2.90. The molecule has 0 aliphatic carbocycles. The molecule has 4 nitrogen and oxygen atoms in total. The minimum Gasteiger partial charge on any atom is -0.320 e. The summed E-state index contributed by atoms with van der Waals surface area (Å²) >= 11 is 1.59. The predicted molar refractivity (Wildman–Crippen MR) is 77.7 cm³/mol. The number of para-hydroxylation sites is 1. The number of benzene rings is 1. The number of amides is 1. The molecule has 0 aliphatic heterocycles. The number of aryl methyl sites for hydroxylation is 1. The van der Waals surface area contributed by atoms with Crippen molar-refractivity contribution in [2.45, 2.75) is 18.7 Å². The van der Waals surface area contributed by atoms with E-state index in [1.54, 1.807) is 11.8 Å². The summed E-state index contributed by atoms with van der Waals surface area (Å²) in [6.45, 7) is 3.72. The summed E-state index contributed by atoms with van der Waals surface area (Å²) in [6, 6.07) is 7.69. The van der Waals surface area contributed by atoms with Gasteiger partial charge in [-0.3, -0.25) is 4.79 Å². The Hall–Kier alpha value is -1.88. The lowest BCUT2D eigenvalue weighted by molar-refractivity contribution is 0.102. The summed E-state index contributed by atoms with van der Waals surface area (Å²) in [4.78, 5) is 21.4. The molecule has 2 rings (SSSR count). The number of hydrogen-bond donors (Lipinski definition) is 1. The highest BCUT2D eigenvalue weighted by molar-refractivity contribution is 7.98. The van der Waals surface area contributed by atoms with Gasteiger partial charge in [0.15, 0.2) is 0 Å². The largest absolute Gasteiger partial charge is 0.320 e. The van der Waals surface area contributed by atoms with Crippen LogP contribution in [0.15, 0.2) is 35.5 Å². The lowest BCUT2D eigenvalue weighted by Crippen LogP contribution is -2.16. The van der Waals surface area contributed by atoms with Crippen LogP contribution >= 0.6 is 11.8 Å². The Morgan fingerprint density at radius 3 is 2.68 bits per heavy atom. The van der Waals surface area contributed by atoms with Gasteiger partial charge < -0.3 is 5.32 Å². The van der Waals surface area contributed by atoms with E-state index < -0.39 is 0 Å². The molecule has 98 valence electrons. The molecule has 1 aromatic heterocycles. The molecule has 1 heterocycles. The van der Waals surface area contributed by atoms with Crippen molar-refractivity contribution in [1.29, 1.82) is 0 Å². The van der Waals surface area contributed by atoms with E-state index in [-0.39, 0.29) is 5.91 Å². The van der Waals surface area contributed by atoms with Crippen molar-refractivity contribution in [2.75, 3.05) is 11.6 Å². The van der Waals surface area contributed by atoms with Crippen LogP contribution < -0.4 is 5.32 Å². The zero-order valence-electron chi connectivity index (χ0n) is 11.1. The van der Waals surface area contributed by atoms with Gasteiger partial charge in [0.2, 0.25) is 0 Å². The number of hydrogen-bond acceptors (Lipinski definition) is 4. The number of rotatable bonds is 3. The SMILES string of the molecule is CSc1ccccc1NC(=O)c1ncnc(C)c1C. The van der Waals surface area contributed by atoms with Gasteiger partial charge in [-0.1, -0.05) is 12.1 Å². The van der Waals surface area contributed by atoms with E-state index in [0.29, 0.717) is 5.69 Å². The average Bonchev–Trinajstić information content (AvgIpc) is 2.42. The molecule has 0 atom stereocenters. The number of carbonyl (C=O) groups excluding carboxylic acids is 1. The maximum absolute atomic E-state index is 12.2. The summed E-state index contributed by atoms with van der Waals surface area (Å²) in [5.41, 5.74) is 2.85. The summed E-state index contributed by atoms with van der Waals surface area (Å²) < 4.78 is 0. The van der Waals surface area contributed by atoms with Gasteiger partial charge in [-0.15, -0.1) is 11.8 Å². The normalized spacial score (nSPS) is 10.3. The van der Waals surface area contributed by atoms with Gasteiger partial charge in [-0.05, 0) is 32.2 Å². The number of nitrogens with one attached hydrogen (secondary N) is 1. The Balaban J connectivity index is 2.28. The van der Waals surface area contributed by atoms with Crippen LogP contribution in [-0.2, 0) is 0 Å². The van der Waals surface area contributed by atoms with Crippen LogP contribution in [0.25, 0.3) is 0 Å². The van der Waals surface area contributed by atoms with E-state index in [2.05, 4.69) is 15.3 Å². The van der Waals surface area contributed by atoms with Crippen LogP contribution in [0.3, 0.4) is 0 Å². The van der Waals surface area contributed by atoms with Crippen LogP contribution in [0, 0.1) is 13.8 Å². The molecule has 1 aromatic carbocycles. The van der Waals surface area contributed by atoms with Crippen LogP contribution in [0.4, 0.5) is 5.69 Å². The highest BCUT2D eigenvalue weighted by Gasteiger charge is 2.14. The number of thioether (sulfide) groups is 1. The van der Waals surface area contributed by atoms with E-state index in [4.69, 9.17) is 0 Å². The third-order valence-corrected chi connectivity index (χ3v) is 3.70. The second-order valence-electron chi connectivity index (χ2n) is 4.09. The van der Waals surface area contributed by atoms with E-state index in [1.165, 1.54) is 6.33 Å². The quantitative estimate of drug-likeness (QED) is 0.873. The van der Waals surface area contributed by atoms with Crippen LogP contribution in [0.2, 0.25) is 0 Å². The summed E-state index contributed by atoms with van der Waals surface area (Å²) in [7, 11) is 0. The number of aromatic nitrogens is 2. The first-order valence-electron chi connectivity index (χ1n) is 5.86. The van der Waals surface area contributed by atoms with E-state index >= 15 is 0 Å².